The first kappa shape index (κ1) is 14.1. The Morgan fingerprint density at radius 3 is 2.84 bits per heavy atom. The molecule has 0 spiro atoms. The Morgan fingerprint density at radius 2 is 2.26 bits per heavy atom. The van der Waals surface area contributed by atoms with Crippen LogP contribution in [0.5, 0.6) is 0 Å². The van der Waals surface area contributed by atoms with Crippen LogP contribution < -0.4 is 5.73 Å². The zero-order valence-corrected chi connectivity index (χ0v) is 12.1. The van der Waals surface area contributed by atoms with Gasteiger partial charge in [0.1, 0.15) is 6.10 Å². The molecule has 0 bridgehead atoms. The third-order valence-electron chi connectivity index (χ3n) is 2.50. The van der Waals surface area contributed by atoms with Crippen LogP contribution >= 0.6 is 35.4 Å². The molecule has 2 aromatic rings. The highest BCUT2D eigenvalue weighted by Crippen LogP contribution is 2.29. The highest BCUT2D eigenvalue weighted by Gasteiger charge is 2.18. The van der Waals surface area contributed by atoms with E-state index in [1.807, 2.05) is 10.8 Å². The van der Waals surface area contributed by atoms with Gasteiger partial charge in [0.05, 0.1) is 12.9 Å². The molecular formula is C12H11Cl2N3OS. The molecule has 1 aromatic heterocycles. The number of aromatic nitrogens is 2. The van der Waals surface area contributed by atoms with Crippen LogP contribution in [0.15, 0.2) is 36.9 Å². The summed E-state index contributed by atoms with van der Waals surface area (Å²) in [6.45, 7) is 0.499. The number of benzene rings is 1. The van der Waals surface area contributed by atoms with Gasteiger partial charge in [-0.05, 0) is 24.4 Å². The van der Waals surface area contributed by atoms with Crippen LogP contribution in [-0.2, 0) is 11.3 Å². The number of imidazole rings is 1. The number of thiocarbonyl (C=S) groups is 1. The molecule has 0 fully saturated rings. The van der Waals surface area contributed by atoms with Crippen molar-refractivity contribution in [3.63, 3.8) is 0 Å². The largest absolute Gasteiger partial charge is 0.461 e. The highest BCUT2D eigenvalue weighted by molar-refractivity contribution is 7.80. The third kappa shape index (κ3) is 3.83. The second-order valence-electron chi connectivity index (χ2n) is 3.85. The Kier molecular flexibility index (Phi) is 4.63. The van der Waals surface area contributed by atoms with Gasteiger partial charge in [0.15, 0.2) is 0 Å². The molecule has 7 heteroatoms. The van der Waals surface area contributed by atoms with Crippen LogP contribution in [0.1, 0.15) is 11.7 Å². The van der Waals surface area contributed by atoms with E-state index in [4.69, 9.17) is 45.9 Å². The maximum Gasteiger partial charge on any atom is 0.254 e. The summed E-state index contributed by atoms with van der Waals surface area (Å²) < 4.78 is 7.32. The molecule has 0 saturated carbocycles. The Morgan fingerprint density at radius 1 is 1.47 bits per heavy atom. The number of ether oxygens (including phenoxy) is 1. The molecule has 1 unspecified atom stereocenters. The molecule has 0 radical (unpaired) electrons. The number of hydrogen-bond donors (Lipinski definition) is 1. The standard InChI is InChI=1S/C12H11Cl2N3OS/c13-8-1-2-9(10(14)5-8)11(18-12(15)19)6-17-4-3-16-7-17/h1-5,7,11H,6H2,(H2,15,19). The molecule has 0 amide bonds. The Hall–Kier alpha value is -1.30. The molecule has 0 aliphatic rings. The Labute approximate surface area is 126 Å². The average molecular weight is 316 g/mol. The molecule has 100 valence electrons. The molecule has 4 nitrogen and oxygen atoms in total. The minimum Gasteiger partial charge on any atom is -0.461 e. The van der Waals surface area contributed by atoms with E-state index in [-0.39, 0.29) is 5.17 Å². The van der Waals surface area contributed by atoms with E-state index in [0.29, 0.717) is 16.6 Å². The van der Waals surface area contributed by atoms with E-state index in [1.54, 1.807) is 30.7 Å². The first-order valence-corrected chi connectivity index (χ1v) is 6.59. The smallest absolute Gasteiger partial charge is 0.254 e. The summed E-state index contributed by atoms with van der Waals surface area (Å²) in [5.41, 5.74) is 6.23. The summed E-state index contributed by atoms with van der Waals surface area (Å²) in [5, 5.41) is 1.04. The van der Waals surface area contributed by atoms with Crippen molar-refractivity contribution in [3.05, 3.63) is 52.5 Å². The predicted octanol–water partition coefficient (Wildman–Crippen LogP) is 3.19. The zero-order chi connectivity index (χ0) is 13.8. The maximum atomic E-state index is 6.17. The van der Waals surface area contributed by atoms with E-state index in [9.17, 15) is 0 Å². The van der Waals surface area contributed by atoms with Crippen molar-refractivity contribution < 1.29 is 4.74 Å². The first-order valence-electron chi connectivity index (χ1n) is 5.43. The van der Waals surface area contributed by atoms with Gasteiger partial charge in [0.25, 0.3) is 5.17 Å². The fraction of sp³-hybridized carbons (Fsp3) is 0.167. The van der Waals surface area contributed by atoms with Gasteiger partial charge >= 0.3 is 0 Å². The summed E-state index contributed by atoms with van der Waals surface area (Å²) in [4.78, 5) is 3.97. The molecule has 1 atom stereocenters. The fourth-order valence-corrected chi connectivity index (χ4v) is 2.33. The van der Waals surface area contributed by atoms with Gasteiger partial charge in [-0.25, -0.2) is 4.98 Å². The monoisotopic (exact) mass is 315 g/mol. The number of hydrogen-bond acceptors (Lipinski definition) is 3. The molecule has 1 aromatic carbocycles. The lowest BCUT2D eigenvalue weighted by Crippen LogP contribution is -2.20. The zero-order valence-electron chi connectivity index (χ0n) is 9.79. The van der Waals surface area contributed by atoms with Crippen molar-refractivity contribution in [2.75, 3.05) is 0 Å². The Balaban J connectivity index is 2.28. The van der Waals surface area contributed by atoms with Gasteiger partial charge in [-0.2, -0.15) is 0 Å². The van der Waals surface area contributed by atoms with E-state index < -0.39 is 6.10 Å². The van der Waals surface area contributed by atoms with Crippen molar-refractivity contribution in [3.8, 4) is 0 Å². The quantitative estimate of drug-likeness (QED) is 0.880. The highest BCUT2D eigenvalue weighted by atomic mass is 35.5. The Bertz CT molecular complexity index is 574. The molecule has 0 aliphatic carbocycles. The van der Waals surface area contributed by atoms with Crippen molar-refractivity contribution in [1.82, 2.24) is 9.55 Å². The second kappa shape index (κ2) is 6.23. The number of nitrogens with zero attached hydrogens (tertiary/aromatic N) is 2. The molecular weight excluding hydrogens is 305 g/mol. The van der Waals surface area contributed by atoms with Gasteiger partial charge in [-0.15, -0.1) is 0 Å². The third-order valence-corrected chi connectivity index (χ3v) is 3.16. The average Bonchev–Trinajstić information content (AvgIpc) is 2.80. The normalized spacial score (nSPS) is 12.1. The van der Waals surface area contributed by atoms with E-state index in [1.165, 1.54) is 0 Å². The number of halogens is 2. The lowest BCUT2D eigenvalue weighted by molar-refractivity contribution is 0.173. The van der Waals surface area contributed by atoms with E-state index in [0.717, 1.165) is 5.56 Å². The molecule has 0 saturated heterocycles. The molecule has 1 heterocycles. The van der Waals surface area contributed by atoms with Crippen molar-refractivity contribution >= 4 is 40.6 Å². The second-order valence-corrected chi connectivity index (χ2v) is 5.10. The lowest BCUT2D eigenvalue weighted by Gasteiger charge is -2.20. The predicted molar refractivity (Wildman–Crippen MR) is 79.3 cm³/mol. The van der Waals surface area contributed by atoms with Crippen molar-refractivity contribution in [2.45, 2.75) is 12.6 Å². The van der Waals surface area contributed by atoms with Crippen LogP contribution in [-0.4, -0.2) is 14.7 Å². The molecule has 0 aliphatic heterocycles. The minimum absolute atomic E-state index is 0.0314. The van der Waals surface area contributed by atoms with Crippen LogP contribution in [0.4, 0.5) is 0 Å². The van der Waals surface area contributed by atoms with Gasteiger partial charge < -0.3 is 15.0 Å². The summed E-state index contributed by atoms with van der Waals surface area (Å²) in [7, 11) is 0. The minimum atomic E-state index is -0.392. The van der Waals surface area contributed by atoms with Crippen LogP contribution in [0.2, 0.25) is 10.0 Å². The SMILES string of the molecule is NC(=S)OC(Cn1ccnc1)c1ccc(Cl)cc1Cl. The van der Waals surface area contributed by atoms with E-state index in [2.05, 4.69) is 4.98 Å². The summed E-state index contributed by atoms with van der Waals surface area (Å²) in [6.07, 6.45) is 4.79. The molecule has 19 heavy (non-hydrogen) atoms. The number of rotatable bonds is 4. The summed E-state index contributed by atoms with van der Waals surface area (Å²) >= 11 is 16.9. The van der Waals surface area contributed by atoms with Crippen molar-refractivity contribution in [1.29, 1.82) is 0 Å². The van der Waals surface area contributed by atoms with Gasteiger partial charge in [-0.1, -0.05) is 29.3 Å². The molecule has 2 rings (SSSR count). The van der Waals surface area contributed by atoms with Crippen LogP contribution in [0.25, 0.3) is 0 Å². The van der Waals surface area contributed by atoms with Crippen molar-refractivity contribution in [2.24, 2.45) is 5.73 Å². The number of nitrogens with two attached hydrogens (primary N) is 1. The summed E-state index contributed by atoms with van der Waals surface area (Å²) in [5.74, 6) is 0. The van der Waals surface area contributed by atoms with Crippen LogP contribution in [0.3, 0.4) is 0 Å². The lowest BCUT2D eigenvalue weighted by atomic mass is 10.1. The summed E-state index contributed by atoms with van der Waals surface area (Å²) in [6, 6.07) is 5.19. The van der Waals surface area contributed by atoms with Gasteiger partial charge in [0, 0.05) is 28.0 Å². The topological polar surface area (TPSA) is 53.1 Å². The maximum absolute atomic E-state index is 6.17. The van der Waals surface area contributed by atoms with E-state index >= 15 is 0 Å². The molecule has 2 N–H and O–H groups in total. The first-order chi connectivity index (χ1) is 9.06. The van der Waals surface area contributed by atoms with Gasteiger partial charge in [-0.3, -0.25) is 0 Å². The van der Waals surface area contributed by atoms with Crippen LogP contribution in [0, 0.1) is 0 Å². The fourth-order valence-electron chi connectivity index (χ4n) is 1.69. The van der Waals surface area contributed by atoms with Gasteiger partial charge in [0.2, 0.25) is 0 Å².